The third kappa shape index (κ3) is 21.7. The first-order chi connectivity index (χ1) is 13.1. The van der Waals surface area contributed by atoms with Gasteiger partial charge in [0.15, 0.2) is 0 Å². The van der Waals surface area contributed by atoms with Gasteiger partial charge in [0.25, 0.3) is 0 Å². The molecule has 0 aliphatic heterocycles. The average molecular weight is 403 g/mol. The first kappa shape index (κ1) is 29.6. The van der Waals surface area contributed by atoms with E-state index in [9.17, 15) is 14.7 Å². The number of carbonyl (C=O) groups is 2. The molecule has 0 saturated heterocycles. The predicted octanol–water partition coefficient (Wildman–Crippen LogP) is 2.61. The molecule has 0 aromatic carbocycles. The van der Waals surface area contributed by atoms with E-state index in [-0.39, 0.29) is 42.4 Å². The van der Waals surface area contributed by atoms with Crippen molar-refractivity contribution in [1.29, 1.82) is 0 Å². The zero-order valence-electron chi connectivity index (χ0n) is 18.3. The van der Waals surface area contributed by atoms with E-state index in [0.29, 0.717) is 12.2 Å². The molecular formula is C23H39NaO4. The molecule has 5 heteroatoms. The number of carboxylic acids is 1. The SMILES string of the molecule is C=CCC(=CCCCCCCCCCCCCCC)OC(=O)CCC(=O)[O-].[Na+]. The number of rotatable bonds is 19. The molecule has 0 atom stereocenters. The summed E-state index contributed by atoms with van der Waals surface area (Å²) in [5.74, 6) is -1.20. The molecule has 156 valence electrons. The van der Waals surface area contributed by atoms with Crippen LogP contribution >= 0.6 is 0 Å². The molecule has 0 rings (SSSR count). The third-order valence-corrected chi connectivity index (χ3v) is 4.55. The predicted molar refractivity (Wildman–Crippen MR) is 109 cm³/mol. The van der Waals surface area contributed by atoms with Gasteiger partial charge >= 0.3 is 35.5 Å². The molecule has 0 bridgehead atoms. The second-order valence-corrected chi connectivity index (χ2v) is 7.19. The summed E-state index contributed by atoms with van der Waals surface area (Å²) in [5.41, 5.74) is 0. The Morgan fingerprint density at radius 1 is 0.857 bits per heavy atom. The Balaban J connectivity index is 0. The van der Waals surface area contributed by atoms with Gasteiger partial charge < -0.3 is 14.6 Å². The van der Waals surface area contributed by atoms with E-state index in [1.54, 1.807) is 6.08 Å². The van der Waals surface area contributed by atoms with Gasteiger partial charge in [0, 0.05) is 12.4 Å². The van der Waals surface area contributed by atoms with Crippen molar-refractivity contribution >= 4 is 11.9 Å². The van der Waals surface area contributed by atoms with Gasteiger partial charge in [-0.05, 0) is 25.3 Å². The number of unbranched alkanes of at least 4 members (excludes halogenated alkanes) is 12. The summed E-state index contributed by atoms with van der Waals surface area (Å²) in [6, 6.07) is 0. The number of hydrogen-bond acceptors (Lipinski definition) is 4. The van der Waals surface area contributed by atoms with E-state index < -0.39 is 11.9 Å². The molecule has 0 unspecified atom stereocenters. The van der Waals surface area contributed by atoms with Crippen LogP contribution in [-0.2, 0) is 14.3 Å². The molecule has 0 amide bonds. The van der Waals surface area contributed by atoms with E-state index in [4.69, 9.17) is 4.74 Å². The maximum atomic E-state index is 11.6. The van der Waals surface area contributed by atoms with Crippen molar-refractivity contribution in [3.63, 3.8) is 0 Å². The van der Waals surface area contributed by atoms with E-state index >= 15 is 0 Å². The van der Waals surface area contributed by atoms with Crippen LogP contribution in [0.5, 0.6) is 0 Å². The normalized spacial score (nSPS) is 11.0. The Labute approximate surface area is 194 Å². The van der Waals surface area contributed by atoms with Crippen LogP contribution in [0, 0.1) is 0 Å². The van der Waals surface area contributed by atoms with Crippen LogP contribution in [0.2, 0.25) is 0 Å². The molecule has 4 nitrogen and oxygen atoms in total. The third-order valence-electron chi connectivity index (χ3n) is 4.55. The Kier molecular flexibility index (Phi) is 24.0. The molecular weight excluding hydrogens is 363 g/mol. The molecule has 0 spiro atoms. The molecule has 0 aliphatic rings. The average Bonchev–Trinajstić information content (AvgIpc) is 2.64. The minimum Gasteiger partial charge on any atom is -0.550 e. The second kappa shape index (κ2) is 22.7. The fourth-order valence-corrected chi connectivity index (χ4v) is 2.96. The van der Waals surface area contributed by atoms with Crippen LogP contribution < -0.4 is 34.7 Å². The molecule has 0 radical (unpaired) electrons. The number of allylic oxidation sites excluding steroid dienone is 2. The summed E-state index contributed by atoms with van der Waals surface area (Å²) in [5, 5.41) is 10.4. The number of carbonyl (C=O) groups excluding carboxylic acids is 2. The number of carboxylic acid groups (broad SMARTS) is 1. The Morgan fingerprint density at radius 2 is 1.36 bits per heavy atom. The molecule has 0 aromatic rings. The summed E-state index contributed by atoms with van der Waals surface area (Å²) in [4.78, 5) is 22.0. The topological polar surface area (TPSA) is 66.4 Å². The van der Waals surface area contributed by atoms with Crippen LogP contribution in [0.3, 0.4) is 0 Å². The van der Waals surface area contributed by atoms with E-state index in [1.807, 2.05) is 6.08 Å². The quantitative estimate of drug-likeness (QED) is 0.110. The molecule has 0 heterocycles. The van der Waals surface area contributed by atoms with Gasteiger partial charge in [-0.3, -0.25) is 4.79 Å². The van der Waals surface area contributed by atoms with Crippen molar-refractivity contribution in [3.8, 4) is 0 Å². The van der Waals surface area contributed by atoms with E-state index in [1.165, 1.54) is 70.6 Å². The maximum Gasteiger partial charge on any atom is 1.00 e. The summed E-state index contributed by atoms with van der Waals surface area (Å²) in [6.45, 7) is 5.91. The Bertz CT molecular complexity index is 432. The van der Waals surface area contributed by atoms with Gasteiger partial charge in [-0.1, -0.05) is 83.6 Å². The van der Waals surface area contributed by atoms with Crippen molar-refractivity contribution < 1.29 is 49.0 Å². The second-order valence-electron chi connectivity index (χ2n) is 7.19. The largest absolute Gasteiger partial charge is 1.00 e. The van der Waals surface area contributed by atoms with Gasteiger partial charge in [0.1, 0.15) is 5.76 Å². The fraction of sp³-hybridized carbons (Fsp3) is 0.739. The van der Waals surface area contributed by atoms with Gasteiger partial charge in [0.2, 0.25) is 0 Å². The number of hydrogen-bond donors (Lipinski definition) is 0. The zero-order chi connectivity index (χ0) is 20.2. The molecule has 0 saturated carbocycles. The van der Waals surface area contributed by atoms with Crippen molar-refractivity contribution in [1.82, 2.24) is 0 Å². The van der Waals surface area contributed by atoms with E-state index in [2.05, 4.69) is 13.5 Å². The maximum absolute atomic E-state index is 11.6. The molecule has 0 aliphatic carbocycles. The van der Waals surface area contributed by atoms with Gasteiger partial charge in [-0.25, -0.2) is 0 Å². The molecule has 0 N–H and O–H groups in total. The number of ether oxygens (including phenoxy) is 1. The van der Waals surface area contributed by atoms with Crippen molar-refractivity contribution in [3.05, 3.63) is 24.5 Å². The van der Waals surface area contributed by atoms with Crippen LogP contribution in [0.4, 0.5) is 0 Å². The first-order valence-electron chi connectivity index (χ1n) is 10.8. The van der Waals surface area contributed by atoms with Crippen molar-refractivity contribution in [2.24, 2.45) is 0 Å². The van der Waals surface area contributed by atoms with Gasteiger partial charge in [-0.2, -0.15) is 0 Å². The minimum atomic E-state index is -1.24. The summed E-state index contributed by atoms with van der Waals surface area (Å²) >= 11 is 0. The summed E-state index contributed by atoms with van der Waals surface area (Å²) < 4.78 is 5.21. The van der Waals surface area contributed by atoms with Crippen LogP contribution in [0.1, 0.15) is 110 Å². The Hall–Kier alpha value is -0.580. The standard InChI is InChI=1S/C23H40O4.Na/c1-3-5-6-7-8-9-10-11-12-13-14-15-16-18-21(17-4-2)27-23(26)20-19-22(24)25;/h4,18H,2-3,5-17,19-20H2,1H3,(H,24,25);/q;+1/p-1. The summed E-state index contributed by atoms with van der Waals surface area (Å²) in [6.07, 6.45) is 20.3. The Morgan fingerprint density at radius 3 is 1.82 bits per heavy atom. The molecule has 28 heavy (non-hydrogen) atoms. The zero-order valence-corrected chi connectivity index (χ0v) is 20.3. The van der Waals surface area contributed by atoms with Crippen LogP contribution in [0.15, 0.2) is 24.5 Å². The van der Waals surface area contributed by atoms with Crippen molar-refractivity contribution in [2.45, 2.75) is 110 Å². The van der Waals surface area contributed by atoms with Crippen LogP contribution in [-0.4, -0.2) is 11.9 Å². The first-order valence-corrected chi connectivity index (χ1v) is 10.8. The van der Waals surface area contributed by atoms with Gasteiger partial charge in [-0.15, -0.1) is 6.58 Å². The summed E-state index contributed by atoms with van der Waals surface area (Å²) in [7, 11) is 0. The fourth-order valence-electron chi connectivity index (χ4n) is 2.96. The minimum absolute atomic E-state index is 0. The smallest absolute Gasteiger partial charge is 0.550 e. The number of esters is 1. The van der Waals surface area contributed by atoms with Crippen molar-refractivity contribution in [2.75, 3.05) is 0 Å². The van der Waals surface area contributed by atoms with Crippen LogP contribution in [0.25, 0.3) is 0 Å². The van der Waals surface area contributed by atoms with E-state index in [0.717, 1.165) is 12.8 Å². The monoisotopic (exact) mass is 402 g/mol. The molecule has 0 fully saturated rings. The van der Waals surface area contributed by atoms with Gasteiger partial charge in [0.05, 0.1) is 6.42 Å². The number of aliphatic carboxylic acids is 1. The molecule has 0 aromatic heterocycles.